The van der Waals surface area contributed by atoms with Crippen LogP contribution in [0.2, 0.25) is 0 Å². The first-order valence-electron chi connectivity index (χ1n) is 12.6. The Morgan fingerprint density at radius 3 is 2.53 bits per heavy atom. The highest BCUT2D eigenvalue weighted by atomic mass is 19.1. The first-order valence-corrected chi connectivity index (χ1v) is 12.6. The molecule has 32 heavy (non-hydrogen) atoms. The molecule has 0 saturated carbocycles. The van der Waals surface area contributed by atoms with E-state index in [-0.39, 0.29) is 11.7 Å². The Bertz CT molecular complexity index is 894. The zero-order chi connectivity index (χ0) is 21.9. The van der Waals surface area contributed by atoms with Gasteiger partial charge in [-0.25, -0.2) is 4.39 Å². The van der Waals surface area contributed by atoms with E-state index in [1.807, 2.05) is 11.0 Å². The number of piperidine rings is 1. The van der Waals surface area contributed by atoms with Crippen LogP contribution in [0.15, 0.2) is 41.8 Å². The second kappa shape index (κ2) is 9.78. The maximum atomic E-state index is 13.2. The number of fused-ring (bicyclic) bond motifs is 1. The fraction of sp³-hybridized carbons (Fsp3) is 0.593. The lowest BCUT2D eigenvalue weighted by Gasteiger charge is -2.38. The number of hydrogen-bond donors (Lipinski definition) is 0. The molecule has 2 saturated heterocycles. The van der Waals surface area contributed by atoms with Crippen LogP contribution >= 0.6 is 0 Å². The van der Waals surface area contributed by atoms with Crippen LogP contribution in [0.25, 0.3) is 0 Å². The minimum Gasteiger partial charge on any atom is -0.368 e. The highest BCUT2D eigenvalue weighted by molar-refractivity contribution is 5.79. The molecule has 2 fully saturated rings. The molecular weight excluding hydrogens is 401 g/mol. The van der Waals surface area contributed by atoms with E-state index in [4.69, 9.17) is 0 Å². The fourth-order valence-electron chi connectivity index (χ4n) is 5.81. The number of nitrogens with zero attached hydrogens (tertiary/aromatic N) is 3. The van der Waals surface area contributed by atoms with Crippen LogP contribution in [0.3, 0.4) is 0 Å². The normalized spacial score (nSPS) is 22.2. The van der Waals surface area contributed by atoms with Gasteiger partial charge in [0.1, 0.15) is 5.83 Å². The number of carbonyl (C=O) groups excluding carboxylic acids is 1. The van der Waals surface area contributed by atoms with Gasteiger partial charge in [-0.1, -0.05) is 23.8 Å². The summed E-state index contributed by atoms with van der Waals surface area (Å²) in [4.78, 5) is 19.8. The molecule has 4 aliphatic rings. The second-order valence-electron chi connectivity index (χ2n) is 9.93. The van der Waals surface area contributed by atoms with Crippen molar-refractivity contribution in [3.63, 3.8) is 0 Å². The van der Waals surface area contributed by atoms with Crippen molar-refractivity contribution in [2.24, 2.45) is 0 Å². The molecule has 0 N–H and O–H groups in total. The molecule has 1 aromatic rings. The molecule has 172 valence electrons. The molecule has 3 aliphatic heterocycles. The van der Waals surface area contributed by atoms with Crippen LogP contribution in [-0.4, -0.2) is 61.0 Å². The van der Waals surface area contributed by atoms with Crippen molar-refractivity contribution in [1.29, 1.82) is 0 Å². The lowest BCUT2D eigenvalue weighted by Crippen LogP contribution is -2.44. The van der Waals surface area contributed by atoms with Crippen LogP contribution in [0.1, 0.15) is 56.1 Å². The van der Waals surface area contributed by atoms with Gasteiger partial charge >= 0.3 is 0 Å². The van der Waals surface area contributed by atoms with E-state index in [9.17, 15) is 9.18 Å². The molecule has 4 nitrogen and oxygen atoms in total. The number of halogens is 1. The number of likely N-dealkylation sites (tertiary alicyclic amines) is 2. The van der Waals surface area contributed by atoms with Gasteiger partial charge in [-0.05, 0) is 68.2 Å². The molecule has 0 radical (unpaired) electrons. The Kier molecular flexibility index (Phi) is 6.63. The number of carbonyl (C=O) groups is 1. The molecule has 0 atom stereocenters. The first kappa shape index (κ1) is 21.7. The van der Waals surface area contributed by atoms with Crippen LogP contribution in [0.4, 0.5) is 10.1 Å². The largest absolute Gasteiger partial charge is 0.368 e. The average Bonchev–Trinajstić information content (AvgIpc) is 3.49. The number of amides is 1. The van der Waals surface area contributed by atoms with Crippen molar-refractivity contribution in [2.75, 3.05) is 44.2 Å². The maximum Gasteiger partial charge on any atom is 0.226 e. The summed E-state index contributed by atoms with van der Waals surface area (Å²) in [6, 6.07) is 7.32. The molecule has 0 bridgehead atoms. The third kappa shape index (κ3) is 4.93. The van der Waals surface area contributed by atoms with Crippen molar-refractivity contribution >= 4 is 11.6 Å². The van der Waals surface area contributed by atoms with Gasteiger partial charge in [0.2, 0.25) is 5.91 Å². The summed E-state index contributed by atoms with van der Waals surface area (Å²) in [5.41, 5.74) is 5.36. The summed E-state index contributed by atoms with van der Waals surface area (Å²) < 4.78 is 13.2. The molecule has 1 aromatic carbocycles. The number of benzene rings is 1. The maximum absolute atomic E-state index is 13.2. The van der Waals surface area contributed by atoms with Gasteiger partial charge in [0.25, 0.3) is 0 Å². The van der Waals surface area contributed by atoms with Gasteiger partial charge in [-0.2, -0.15) is 0 Å². The smallest absolute Gasteiger partial charge is 0.226 e. The Balaban J connectivity index is 1.15. The van der Waals surface area contributed by atoms with E-state index >= 15 is 0 Å². The van der Waals surface area contributed by atoms with Crippen molar-refractivity contribution in [1.82, 2.24) is 9.80 Å². The van der Waals surface area contributed by atoms with E-state index in [0.29, 0.717) is 18.9 Å². The van der Waals surface area contributed by atoms with Crippen LogP contribution in [-0.2, 0) is 17.6 Å². The van der Waals surface area contributed by atoms with Crippen LogP contribution < -0.4 is 4.90 Å². The molecule has 5 heteroatoms. The van der Waals surface area contributed by atoms with E-state index in [0.717, 1.165) is 76.9 Å². The third-order valence-electron chi connectivity index (χ3n) is 7.83. The van der Waals surface area contributed by atoms with Crippen molar-refractivity contribution in [2.45, 2.75) is 63.8 Å². The molecule has 3 heterocycles. The highest BCUT2D eigenvalue weighted by Crippen LogP contribution is 2.34. The van der Waals surface area contributed by atoms with Crippen LogP contribution in [0, 0.1) is 0 Å². The van der Waals surface area contributed by atoms with E-state index < -0.39 is 0 Å². The molecule has 0 unspecified atom stereocenters. The molecule has 0 aromatic heterocycles. The second-order valence-corrected chi connectivity index (χ2v) is 9.93. The molecular formula is C27H36FN3O. The SMILES string of the molecule is O=C(Cc1ccc2c(c1)N(C1CCN(CCC3=CC=C(F)CC3)CC1)CC2)N1CCCC1. The Morgan fingerprint density at radius 1 is 0.969 bits per heavy atom. The van der Waals surface area contributed by atoms with Gasteiger partial charge in [0, 0.05) is 57.4 Å². The van der Waals surface area contributed by atoms with Crippen molar-refractivity contribution in [3.8, 4) is 0 Å². The number of hydrogen-bond acceptors (Lipinski definition) is 3. The summed E-state index contributed by atoms with van der Waals surface area (Å²) in [5, 5.41) is 0. The Hall–Kier alpha value is -2.14. The third-order valence-corrected chi connectivity index (χ3v) is 7.83. The molecule has 5 rings (SSSR count). The summed E-state index contributed by atoms with van der Waals surface area (Å²) in [7, 11) is 0. The number of anilines is 1. The average molecular weight is 438 g/mol. The Morgan fingerprint density at radius 2 is 1.78 bits per heavy atom. The highest BCUT2D eigenvalue weighted by Gasteiger charge is 2.30. The number of rotatable bonds is 6. The zero-order valence-corrected chi connectivity index (χ0v) is 19.2. The first-order chi connectivity index (χ1) is 15.7. The summed E-state index contributed by atoms with van der Waals surface area (Å²) in [6.45, 7) is 6.34. The molecule has 0 spiro atoms. The molecule has 1 amide bonds. The van der Waals surface area contributed by atoms with Gasteiger partial charge < -0.3 is 14.7 Å². The van der Waals surface area contributed by atoms with E-state index in [1.54, 1.807) is 6.08 Å². The number of allylic oxidation sites excluding steroid dienone is 3. The standard InChI is InChI=1S/C27H36FN3O/c28-24-7-4-21(5-8-24)9-15-29-16-11-25(12-17-29)31-18-10-23-6-3-22(19-26(23)31)20-27(32)30-13-1-2-14-30/h3-4,6-7,19,25H,1-2,5,8-18,20H2. The van der Waals surface area contributed by atoms with Crippen molar-refractivity contribution in [3.05, 3.63) is 52.9 Å². The summed E-state index contributed by atoms with van der Waals surface area (Å²) in [6.07, 6.45) is 12.5. The minimum absolute atomic E-state index is 0.0176. The van der Waals surface area contributed by atoms with Crippen molar-refractivity contribution < 1.29 is 9.18 Å². The topological polar surface area (TPSA) is 26.8 Å². The summed E-state index contributed by atoms with van der Waals surface area (Å²) >= 11 is 0. The predicted octanol–water partition coefficient (Wildman–Crippen LogP) is 4.64. The van der Waals surface area contributed by atoms with Gasteiger partial charge in [0.05, 0.1) is 6.42 Å². The van der Waals surface area contributed by atoms with Gasteiger partial charge in [0.15, 0.2) is 0 Å². The monoisotopic (exact) mass is 437 g/mol. The fourth-order valence-corrected chi connectivity index (χ4v) is 5.81. The quantitative estimate of drug-likeness (QED) is 0.649. The zero-order valence-electron chi connectivity index (χ0n) is 19.2. The lowest BCUT2D eigenvalue weighted by atomic mass is 9.99. The lowest BCUT2D eigenvalue weighted by molar-refractivity contribution is -0.129. The molecule has 1 aliphatic carbocycles. The van der Waals surface area contributed by atoms with Crippen LogP contribution in [0.5, 0.6) is 0 Å². The van der Waals surface area contributed by atoms with Gasteiger partial charge in [-0.15, -0.1) is 0 Å². The van der Waals surface area contributed by atoms with E-state index in [1.165, 1.54) is 29.7 Å². The Labute approximate surface area is 191 Å². The minimum atomic E-state index is 0.0176. The summed E-state index contributed by atoms with van der Waals surface area (Å²) in [5.74, 6) is 0.302. The predicted molar refractivity (Wildman–Crippen MR) is 128 cm³/mol. The van der Waals surface area contributed by atoms with Gasteiger partial charge in [-0.3, -0.25) is 4.79 Å². The van der Waals surface area contributed by atoms with E-state index in [2.05, 4.69) is 28.0 Å².